The summed E-state index contributed by atoms with van der Waals surface area (Å²) in [6.07, 6.45) is 0.414. The van der Waals surface area contributed by atoms with Crippen molar-refractivity contribution in [1.82, 2.24) is 0 Å². The van der Waals surface area contributed by atoms with Crippen LogP contribution in [0.4, 0.5) is 5.69 Å². The fraction of sp³-hybridized carbons (Fsp3) is 0.300. The van der Waals surface area contributed by atoms with E-state index in [0.29, 0.717) is 12.0 Å². The highest BCUT2D eigenvalue weighted by Crippen LogP contribution is 2.23. The molecule has 0 bridgehead atoms. The molecule has 0 unspecified atom stereocenters. The third-order valence-electron chi connectivity index (χ3n) is 1.69. The standard InChI is InChI=1S/C10H11NO4/c1-7(2)15-9-3-4-10(11(13)14)8(5-9)6-12/h3-7H,1-2H3. The van der Waals surface area contributed by atoms with Crippen LogP contribution in [0.15, 0.2) is 18.2 Å². The molecule has 0 amide bonds. The molecule has 15 heavy (non-hydrogen) atoms. The van der Waals surface area contributed by atoms with Crippen molar-refractivity contribution in [2.45, 2.75) is 20.0 Å². The highest BCUT2D eigenvalue weighted by Gasteiger charge is 2.14. The minimum Gasteiger partial charge on any atom is -0.491 e. The molecule has 0 aromatic heterocycles. The van der Waals surface area contributed by atoms with Crippen LogP contribution in [0, 0.1) is 10.1 Å². The lowest BCUT2D eigenvalue weighted by Crippen LogP contribution is -2.06. The largest absolute Gasteiger partial charge is 0.491 e. The van der Waals surface area contributed by atoms with E-state index in [-0.39, 0.29) is 17.4 Å². The van der Waals surface area contributed by atoms with E-state index in [0.717, 1.165) is 0 Å². The van der Waals surface area contributed by atoms with Gasteiger partial charge in [-0.05, 0) is 26.0 Å². The molecule has 0 atom stereocenters. The Morgan fingerprint density at radius 3 is 2.60 bits per heavy atom. The second-order valence-corrected chi connectivity index (χ2v) is 3.26. The number of aldehydes is 1. The van der Waals surface area contributed by atoms with Gasteiger partial charge in [-0.1, -0.05) is 0 Å². The average molecular weight is 209 g/mol. The molecule has 1 rings (SSSR count). The summed E-state index contributed by atoms with van der Waals surface area (Å²) in [5, 5.41) is 10.5. The molecule has 0 saturated heterocycles. The molecule has 0 N–H and O–H groups in total. The first-order valence-corrected chi connectivity index (χ1v) is 4.45. The summed E-state index contributed by atoms with van der Waals surface area (Å²) < 4.78 is 5.31. The molecule has 0 aliphatic rings. The molecule has 1 aromatic carbocycles. The first-order chi connectivity index (χ1) is 7.04. The number of carbonyl (C=O) groups is 1. The number of carbonyl (C=O) groups excluding carboxylic acids is 1. The van der Waals surface area contributed by atoms with E-state index in [1.807, 2.05) is 13.8 Å². The minimum absolute atomic E-state index is 0.0261. The number of rotatable bonds is 4. The van der Waals surface area contributed by atoms with Crippen molar-refractivity contribution >= 4 is 12.0 Å². The van der Waals surface area contributed by atoms with E-state index < -0.39 is 4.92 Å². The zero-order valence-corrected chi connectivity index (χ0v) is 8.47. The van der Waals surface area contributed by atoms with Crippen molar-refractivity contribution in [3.05, 3.63) is 33.9 Å². The molecule has 0 aliphatic heterocycles. The first kappa shape index (κ1) is 11.2. The van der Waals surface area contributed by atoms with Gasteiger partial charge in [-0.2, -0.15) is 0 Å². The molecule has 0 aliphatic carbocycles. The highest BCUT2D eigenvalue weighted by molar-refractivity contribution is 5.82. The van der Waals surface area contributed by atoms with Crippen molar-refractivity contribution < 1.29 is 14.5 Å². The number of hydrogen-bond acceptors (Lipinski definition) is 4. The molecule has 5 heteroatoms. The van der Waals surface area contributed by atoms with Gasteiger partial charge in [0, 0.05) is 6.07 Å². The lowest BCUT2D eigenvalue weighted by molar-refractivity contribution is -0.385. The van der Waals surface area contributed by atoms with Crippen molar-refractivity contribution in [3.8, 4) is 5.75 Å². The molecule has 80 valence electrons. The van der Waals surface area contributed by atoms with Crippen molar-refractivity contribution in [2.24, 2.45) is 0 Å². The number of hydrogen-bond donors (Lipinski definition) is 0. The van der Waals surface area contributed by atoms with Gasteiger partial charge >= 0.3 is 0 Å². The Morgan fingerprint density at radius 1 is 1.47 bits per heavy atom. The maximum absolute atomic E-state index is 10.6. The number of nitrogens with zero attached hydrogens (tertiary/aromatic N) is 1. The highest BCUT2D eigenvalue weighted by atomic mass is 16.6. The van der Waals surface area contributed by atoms with Crippen LogP contribution in [0.5, 0.6) is 5.75 Å². The van der Waals surface area contributed by atoms with Crippen molar-refractivity contribution in [1.29, 1.82) is 0 Å². The van der Waals surface area contributed by atoms with Gasteiger partial charge in [-0.3, -0.25) is 14.9 Å². The van der Waals surface area contributed by atoms with Gasteiger partial charge in [0.1, 0.15) is 5.75 Å². The second kappa shape index (κ2) is 4.54. The Bertz CT molecular complexity index is 387. The summed E-state index contributed by atoms with van der Waals surface area (Å²) in [5.74, 6) is 0.456. The molecule has 0 heterocycles. The summed E-state index contributed by atoms with van der Waals surface area (Å²) in [5.41, 5.74) is -0.181. The molecular formula is C10H11NO4. The molecular weight excluding hydrogens is 198 g/mol. The summed E-state index contributed by atoms with van der Waals surface area (Å²) in [7, 11) is 0. The summed E-state index contributed by atoms with van der Waals surface area (Å²) in [4.78, 5) is 20.5. The van der Waals surface area contributed by atoms with Crippen LogP contribution >= 0.6 is 0 Å². The maximum atomic E-state index is 10.6. The van der Waals surface area contributed by atoms with Gasteiger partial charge in [0.15, 0.2) is 6.29 Å². The average Bonchev–Trinajstić information content (AvgIpc) is 2.16. The Morgan fingerprint density at radius 2 is 2.13 bits per heavy atom. The molecule has 5 nitrogen and oxygen atoms in total. The normalized spacial score (nSPS) is 10.1. The molecule has 1 aromatic rings. The van der Waals surface area contributed by atoms with Gasteiger partial charge in [-0.25, -0.2) is 0 Å². The molecule has 0 spiro atoms. The first-order valence-electron chi connectivity index (χ1n) is 4.45. The quantitative estimate of drug-likeness (QED) is 0.433. The lowest BCUT2D eigenvalue weighted by atomic mass is 10.2. The smallest absolute Gasteiger partial charge is 0.280 e. The van der Waals surface area contributed by atoms with Gasteiger partial charge in [0.05, 0.1) is 16.6 Å². The van der Waals surface area contributed by atoms with Crippen molar-refractivity contribution in [2.75, 3.05) is 0 Å². The number of benzene rings is 1. The summed E-state index contributed by atoms with van der Waals surface area (Å²) in [6, 6.07) is 4.11. The van der Waals surface area contributed by atoms with Crippen LogP contribution in [0.3, 0.4) is 0 Å². The van der Waals surface area contributed by atoms with Crippen molar-refractivity contribution in [3.63, 3.8) is 0 Å². The Kier molecular flexibility index (Phi) is 3.38. The lowest BCUT2D eigenvalue weighted by Gasteiger charge is -2.09. The Hall–Kier alpha value is -1.91. The van der Waals surface area contributed by atoms with E-state index >= 15 is 0 Å². The zero-order valence-electron chi connectivity index (χ0n) is 8.47. The van der Waals surface area contributed by atoms with Gasteiger partial charge in [-0.15, -0.1) is 0 Å². The van der Waals surface area contributed by atoms with E-state index in [1.165, 1.54) is 18.2 Å². The van der Waals surface area contributed by atoms with E-state index in [1.54, 1.807) is 0 Å². The fourth-order valence-electron chi connectivity index (χ4n) is 1.14. The minimum atomic E-state index is -0.594. The number of nitro benzene ring substituents is 1. The third-order valence-corrected chi connectivity index (χ3v) is 1.69. The molecule has 0 fully saturated rings. The monoisotopic (exact) mass is 209 g/mol. The van der Waals surface area contributed by atoms with Crippen LogP contribution < -0.4 is 4.74 Å². The summed E-state index contributed by atoms with van der Waals surface area (Å²) >= 11 is 0. The predicted octanol–water partition coefficient (Wildman–Crippen LogP) is 2.19. The van der Waals surface area contributed by atoms with Crippen LogP contribution in [0.1, 0.15) is 24.2 Å². The zero-order chi connectivity index (χ0) is 11.4. The molecule has 0 saturated carbocycles. The van der Waals surface area contributed by atoms with Crippen LogP contribution in [-0.4, -0.2) is 17.3 Å². The van der Waals surface area contributed by atoms with Crippen LogP contribution in [0.2, 0.25) is 0 Å². The molecule has 0 radical (unpaired) electrons. The topological polar surface area (TPSA) is 69.4 Å². The fourth-order valence-corrected chi connectivity index (χ4v) is 1.14. The van der Waals surface area contributed by atoms with Crippen LogP contribution in [0.25, 0.3) is 0 Å². The third kappa shape index (κ3) is 2.77. The predicted molar refractivity (Wildman–Crippen MR) is 54.2 cm³/mol. The van der Waals surface area contributed by atoms with E-state index in [4.69, 9.17) is 4.74 Å². The maximum Gasteiger partial charge on any atom is 0.280 e. The second-order valence-electron chi connectivity index (χ2n) is 3.26. The summed E-state index contributed by atoms with van der Waals surface area (Å²) in [6.45, 7) is 3.67. The number of nitro groups is 1. The Labute approximate surface area is 86.8 Å². The Balaban J connectivity index is 3.07. The van der Waals surface area contributed by atoms with Crippen LogP contribution in [-0.2, 0) is 0 Å². The number of ether oxygens (including phenoxy) is 1. The van der Waals surface area contributed by atoms with E-state index in [2.05, 4.69) is 0 Å². The SMILES string of the molecule is CC(C)Oc1ccc([N+](=O)[O-])c(C=O)c1. The van der Waals surface area contributed by atoms with Gasteiger partial charge in [0.25, 0.3) is 5.69 Å². The van der Waals surface area contributed by atoms with Gasteiger partial charge in [0.2, 0.25) is 0 Å². The van der Waals surface area contributed by atoms with Gasteiger partial charge < -0.3 is 4.74 Å². The van der Waals surface area contributed by atoms with E-state index in [9.17, 15) is 14.9 Å².